The summed E-state index contributed by atoms with van der Waals surface area (Å²) < 4.78 is 0. The smallest absolute Gasteiger partial charge is 0.265 e. The molecule has 1 aliphatic heterocycles. The summed E-state index contributed by atoms with van der Waals surface area (Å²) in [4.78, 5) is 27.7. The van der Waals surface area contributed by atoms with Gasteiger partial charge in [0.1, 0.15) is 5.57 Å². The summed E-state index contributed by atoms with van der Waals surface area (Å²) in [6.07, 6.45) is 4.99. The summed E-state index contributed by atoms with van der Waals surface area (Å²) in [6.45, 7) is 4.51. The molecule has 1 aliphatic rings. The van der Waals surface area contributed by atoms with E-state index in [4.69, 9.17) is 23.8 Å². The molecule has 120 valence electrons. The van der Waals surface area contributed by atoms with Gasteiger partial charge in [-0.25, -0.2) is 0 Å². The molecule has 1 aromatic carbocycles. The zero-order valence-corrected chi connectivity index (χ0v) is 14.5. The minimum absolute atomic E-state index is 0.112. The van der Waals surface area contributed by atoms with Crippen LogP contribution in [0.2, 0.25) is 5.02 Å². The number of benzene rings is 1. The molecule has 6 heteroatoms. The zero-order valence-electron chi connectivity index (χ0n) is 13.0. The van der Waals surface area contributed by atoms with E-state index < -0.39 is 0 Å². The van der Waals surface area contributed by atoms with E-state index in [2.05, 4.69) is 0 Å². The first-order valence-electron chi connectivity index (χ1n) is 7.31. The standard InChI is InChI=1S/C17H17ClN2O2S/c1-3-19-15(21)14(16(22)20(4-2)17(19)23)10-6-8-12-7-5-9-13(18)11-12/h5-11H,3-4H2,1-2H3/b8-6+. The highest BCUT2D eigenvalue weighted by atomic mass is 35.5. The molecule has 2 rings (SSSR count). The van der Waals surface area contributed by atoms with Gasteiger partial charge in [-0.1, -0.05) is 35.9 Å². The highest BCUT2D eigenvalue weighted by molar-refractivity contribution is 7.80. The summed E-state index contributed by atoms with van der Waals surface area (Å²) in [5, 5.41) is 0.894. The number of rotatable bonds is 4. The van der Waals surface area contributed by atoms with Gasteiger partial charge in [0.15, 0.2) is 5.11 Å². The molecule has 0 radical (unpaired) electrons. The molecule has 23 heavy (non-hydrogen) atoms. The number of allylic oxidation sites excluding steroid dienone is 2. The second kappa shape index (κ2) is 7.53. The average Bonchev–Trinajstić information content (AvgIpc) is 2.51. The number of amides is 2. The van der Waals surface area contributed by atoms with Gasteiger partial charge in [-0.15, -0.1) is 0 Å². The molecular weight excluding hydrogens is 332 g/mol. The minimum Gasteiger partial charge on any atom is -0.285 e. The third-order valence-corrected chi connectivity index (χ3v) is 4.12. The molecule has 0 atom stereocenters. The van der Waals surface area contributed by atoms with E-state index in [1.165, 1.54) is 15.9 Å². The van der Waals surface area contributed by atoms with Gasteiger partial charge in [0, 0.05) is 18.1 Å². The molecule has 0 N–H and O–H groups in total. The SMILES string of the molecule is CCN1C(=O)C(=C/C=C/c2cccc(Cl)c2)C(=O)N(CC)C1=S. The van der Waals surface area contributed by atoms with Crippen LogP contribution in [0, 0.1) is 0 Å². The molecule has 1 saturated heterocycles. The van der Waals surface area contributed by atoms with Crippen molar-refractivity contribution in [3.63, 3.8) is 0 Å². The van der Waals surface area contributed by atoms with Gasteiger partial charge in [0.05, 0.1) is 0 Å². The number of thiocarbonyl (C=S) groups is 1. The van der Waals surface area contributed by atoms with Crippen LogP contribution in [-0.4, -0.2) is 39.8 Å². The lowest BCUT2D eigenvalue weighted by atomic mass is 10.1. The highest BCUT2D eigenvalue weighted by Crippen LogP contribution is 2.18. The fraction of sp³-hybridized carbons (Fsp3) is 0.235. The summed E-state index contributed by atoms with van der Waals surface area (Å²) >= 11 is 11.1. The number of carbonyl (C=O) groups is 2. The van der Waals surface area contributed by atoms with Gasteiger partial charge in [-0.3, -0.25) is 19.4 Å². The number of nitrogens with zero attached hydrogens (tertiary/aromatic N) is 2. The average molecular weight is 349 g/mol. The molecule has 0 aliphatic carbocycles. The van der Waals surface area contributed by atoms with E-state index in [0.717, 1.165) is 5.56 Å². The third kappa shape index (κ3) is 3.68. The van der Waals surface area contributed by atoms with Gasteiger partial charge in [0.2, 0.25) is 0 Å². The Hall–Kier alpha value is -1.98. The summed E-state index contributed by atoms with van der Waals surface area (Å²) in [7, 11) is 0. The Labute approximate surface area is 146 Å². The number of hydrogen-bond acceptors (Lipinski definition) is 3. The van der Waals surface area contributed by atoms with Crippen LogP contribution in [0.15, 0.2) is 42.0 Å². The fourth-order valence-corrected chi connectivity index (χ4v) is 2.89. The quantitative estimate of drug-likeness (QED) is 0.476. The predicted octanol–water partition coefficient (Wildman–Crippen LogP) is 3.28. The van der Waals surface area contributed by atoms with Crippen LogP contribution in [0.1, 0.15) is 19.4 Å². The van der Waals surface area contributed by atoms with Crippen molar-refractivity contribution in [2.45, 2.75) is 13.8 Å². The highest BCUT2D eigenvalue weighted by Gasteiger charge is 2.37. The molecule has 0 bridgehead atoms. The molecule has 1 heterocycles. The van der Waals surface area contributed by atoms with E-state index in [9.17, 15) is 9.59 Å². The van der Waals surface area contributed by atoms with Gasteiger partial charge >= 0.3 is 0 Å². The van der Waals surface area contributed by atoms with E-state index in [-0.39, 0.29) is 22.5 Å². The second-order valence-electron chi connectivity index (χ2n) is 4.88. The summed E-state index contributed by atoms with van der Waals surface area (Å²) in [5.74, 6) is -0.717. The van der Waals surface area contributed by atoms with Gasteiger partial charge in [0.25, 0.3) is 11.8 Å². The van der Waals surface area contributed by atoms with Crippen LogP contribution in [0.25, 0.3) is 6.08 Å². The van der Waals surface area contributed by atoms with Crippen molar-refractivity contribution in [3.8, 4) is 0 Å². The number of carbonyl (C=O) groups excluding carboxylic acids is 2. The lowest BCUT2D eigenvalue weighted by Gasteiger charge is -2.35. The summed E-state index contributed by atoms with van der Waals surface area (Å²) in [6, 6.07) is 7.30. The lowest BCUT2D eigenvalue weighted by Crippen LogP contribution is -2.55. The van der Waals surface area contributed by atoms with Gasteiger partial charge in [-0.05, 0) is 49.8 Å². The monoisotopic (exact) mass is 348 g/mol. The predicted molar refractivity (Wildman–Crippen MR) is 95.9 cm³/mol. The number of hydrogen-bond donors (Lipinski definition) is 0. The van der Waals surface area contributed by atoms with Crippen molar-refractivity contribution in [1.29, 1.82) is 0 Å². The van der Waals surface area contributed by atoms with Crippen molar-refractivity contribution in [2.75, 3.05) is 13.1 Å². The molecule has 0 saturated carbocycles. The Balaban J connectivity index is 2.30. The van der Waals surface area contributed by atoms with Crippen molar-refractivity contribution in [3.05, 3.63) is 52.6 Å². The van der Waals surface area contributed by atoms with Crippen molar-refractivity contribution in [1.82, 2.24) is 9.80 Å². The summed E-state index contributed by atoms with van der Waals surface area (Å²) in [5.41, 5.74) is 1.00. The van der Waals surface area contributed by atoms with E-state index in [0.29, 0.717) is 18.1 Å². The van der Waals surface area contributed by atoms with E-state index >= 15 is 0 Å². The minimum atomic E-state index is -0.358. The Morgan fingerprint density at radius 2 is 1.74 bits per heavy atom. The number of halogens is 1. The van der Waals surface area contributed by atoms with Crippen molar-refractivity contribution in [2.24, 2.45) is 0 Å². The lowest BCUT2D eigenvalue weighted by molar-refractivity contribution is -0.133. The van der Waals surface area contributed by atoms with Crippen LogP contribution in [0.5, 0.6) is 0 Å². The first kappa shape index (κ1) is 17.4. The van der Waals surface area contributed by atoms with Gasteiger partial charge in [-0.2, -0.15) is 0 Å². The molecular formula is C17H17ClN2O2S. The van der Waals surface area contributed by atoms with Crippen LogP contribution in [-0.2, 0) is 9.59 Å². The van der Waals surface area contributed by atoms with E-state index in [1.54, 1.807) is 24.3 Å². The van der Waals surface area contributed by atoms with Crippen LogP contribution >= 0.6 is 23.8 Å². The fourth-order valence-electron chi connectivity index (χ4n) is 2.27. The third-order valence-electron chi connectivity index (χ3n) is 3.45. The second-order valence-corrected chi connectivity index (χ2v) is 5.68. The van der Waals surface area contributed by atoms with Crippen molar-refractivity contribution >= 4 is 46.8 Å². The first-order valence-corrected chi connectivity index (χ1v) is 8.09. The topological polar surface area (TPSA) is 40.6 Å². The zero-order chi connectivity index (χ0) is 17.0. The molecule has 1 aromatic rings. The Kier molecular flexibility index (Phi) is 5.69. The largest absolute Gasteiger partial charge is 0.285 e. The Morgan fingerprint density at radius 3 is 2.26 bits per heavy atom. The van der Waals surface area contributed by atoms with E-state index in [1.807, 2.05) is 26.0 Å². The van der Waals surface area contributed by atoms with Crippen LogP contribution in [0.3, 0.4) is 0 Å². The Morgan fingerprint density at radius 1 is 1.13 bits per heavy atom. The van der Waals surface area contributed by atoms with Crippen LogP contribution < -0.4 is 0 Å². The molecule has 2 amide bonds. The first-order chi connectivity index (χ1) is 11.0. The maximum Gasteiger partial charge on any atom is 0.265 e. The number of likely N-dealkylation sites (N-methyl/N-ethyl adjacent to an activating group) is 2. The maximum absolute atomic E-state index is 12.4. The molecule has 4 nitrogen and oxygen atoms in total. The molecule has 1 fully saturated rings. The molecule has 0 aromatic heterocycles. The Bertz CT molecular complexity index is 684. The van der Waals surface area contributed by atoms with Crippen molar-refractivity contribution < 1.29 is 9.59 Å². The maximum atomic E-state index is 12.4. The van der Waals surface area contributed by atoms with Gasteiger partial charge < -0.3 is 0 Å². The van der Waals surface area contributed by atoms with Crippen LogP contribution in [0.4, 0.5) is 0 Å². The molecule has 0 unspecified atom stereocenters. The normalized spacial score (nSPS) is 15.8. The molecule has 0 spiro atoms.